The van der Waals surface area contributed by atoms with Crippen LogP contribution in [0.2, 0.25) is 0 Å². The van der Waals surface area contributed by atoms with Crippen LogP contribution in [0.15, 0.2) is 6.07 Å². The fraction of sp³-hybridized carbons (Fsp3) is 0.591. The lowest BCUT2D eigenvalue weighted by Crippen LogP contribution is -2.54. The first-order valence-electron chi connectivity index (χ1n) is 10.2. The number of ketones is 2. The quantitative estimate of drug-likeness (QED) is 0.169. The molecule has 5 rings (SSSR count). The molecule has 0 amide bonds. The standard InChI is InChI=1S/C22H22F4O4/c1-2-30-21(29)15(19(27)13-6-14(23)17(25)18(26)16(13)24)20(28)22-7-10-3-11(8-22)5-12(4-10)9-22/h6,10-12,15H,2-5,7-9H2,1H3. The second-order valence-corrected chi connectivity index (χ2v) is 8.96. The van der Waals surface area contributed by atoms with E-state index in [1.54, 1.807) is 0 Å². The van der Waals surface area contributed by atoms with Crippen molar-refractivity contribution in [1.82, 2.24) is 0 Å². The van der Waals surface area contributed by atoms with Crippen molar-refractivity contribution in [2.24, 2.45) is 29.1 Å². The second-order valence-electron chi connectivity index (χ2n) is 8.96. The van der Waals surface area contributed by atoms with Crippen molar-refractivity contribution in [2.45, 2.75) is 45.4 Å². The van der Waals surface area contributed by atoms with Gasteiger partial charge in [0.15, 0.2) is 40.8 Å². The fourth-order valence-electron chi connectivity index (χ4n) is 6.19. The molecule has 4 saturated carbocycles. The molecule has 0 aromatic heterocycles. The van der Waals surface area contributed by atoms with E-state index in [4.69, 9.17) is 4.74 Å². The SMILES string of the molecule is CCOC(=O)C(C(=O)c1cc(F)c(F)c(F)c1F)C(=O)C12CC3CC(CC(C3)C1)C2. The summed E-state index contributed by atoms with van der Waals surface area (Å²) in [6.07, 6.45) is 4.63. The molecule has 4 nitrogen and oxygen atoms in total. The largest absolute Gasteiger partial charge is 0.465 e. The van der Waals surface area contributed by atoms with Gasteiger partial charge >= 0.3 is 5.97 Å². The van der Waals surface area contributed by atoms with Crippen molar-refractivity contribution in [3.05, 3.63) is 34.9 Å². The number of carbonyl (C=O) groups is 3. The van der Waals surface area contributed by atoms with E-state index in [1.807, 2.05) is 0 Å². The van der Waals surface area contributed by atoms with Crippen molar-refractivity contribution in [3.63, 3.8) is 0 Å². The first-order valence-corrected chi connectivity index (χ1v) is 10.2. The first-order chi connectivity index (χ1) is 14.2. The average molecular weight is 426 g/mol. The Labute approximate surface area is 171 Å². The highest BCUT2D eigenvalue weighted by Crippen LogP contribution is 2.61. The van der Waals surface area contributed by atoms with E-state index in [1.165, 1.54) is 6.92 Å². The molecule has 4 aliphatic carbocycles. The van der Waals surface area contributed by atoms with E-state index < -0.39 is 57.7 Å². The summed E-state index contributed by atoms with van der Waals surface area (Å²) in [5.74, 6) is -12.2. The lowest BCUT2D eigenvalue weighted by molar-refractivity contribution is -0.158. The van der Waals surface area contributed by atoms with Gasteiger partial charge in [-0.1, -0.05) is 0 Å². The summed E-state index contributed by atoms with van der Waals surface area (Å²) in [4.78, 5) is 39.2. The van der Waals surface area contributed by atoms with Gasteiger partial charge in [-0.05, 0) is 69.3 Å². The Morgan fingerprint density at radius 2 is 1.50 bits per heavy atom. The maximum Gasteiger partial charge on any atom is 0.324 e. The lowest BCUT2D eigenvalue weighted by atomic mass is 9.47. The van der Waals surface area contributed by atoms with E-state index >= 15 is 0 Å². The van der Waals surface area contributed by atoms with Crippen LogP contribution >= 0.6 is 0 Å². The number of esters is 1. The summed E-state index contributed by atoms with van der Waals surface area (Å²) in [6.45, 7) is 1.35. The summed E-state index contributed by atoms with van der Waals surface area (Å²) in [6, 6.07) is 0.190. The number of benzene rings is 1. The Morgan fingerprint density at radius 1 is 0.967 bits per heavy atom. The molecule has 1 atom stereocenters. The molecule has 0 saturated heterocycles. The van der Waals surface area contributed by atoms with Gasteiger partial charge in [-0.25, -0.2) is 17.6 Å². The lowest BCUT2D eigenvalue weighted by Gasteiger charge is -2.56. The first kappa shape index (κ1) is 21.0. The summed E-state index contributed by atoms with van der Waals surface area (Å²) in [5.41, 5.74) is -2.06. The van der Waals surface area contributed by atoms with Crippen molar-refractivity contribution in [1.29, 1.82) is 0 Å². The fourth-order valence-corrected chi connectivity index (χ4v) is 6.19. The van der Waals surface area contributed by atoms with Gasteiger partial charge in [0.1, 0.15) is 0 Å². The van der Waals surface area contributed by atoms with Crippen LogP contribution in [0.4, 0.5) is 17.6 Å². The monoisotopic (exact) mass is 426 g/mol. The van der Waals surface area contributed by atoms with Crippen molar-refractivity contribution in [2.75, 3.05) is 6.61 Å². The van der Waals surface area contributed by atoms with Crippen LogP contribution in [0.5, 0.6) is 0 Å². The molecule has 0 spiro atoms. The number of hydrogen-bond acceptors (Lipinski definition) is 4. The molecule has 1 unspecified atom stereocenters. The minimum absolute atomic E-state index is 0.134. The molecular formula is C22H22F4O4. The third kappa shape index (κ3) is 3.24. The normalized spacial score (nSPS) is 30.2. The summed E-state index contributed by atoms with van der Waals surface area (Å²) in [5, 5.41) is 0. The molecule has 0 radical (unpaired) electrons. The van der Waals surface area contributed by atoms with Crippen molar-refractivity contribution >= 4 is 17.5 Å². The molecule has 4 bridgehead atoms. The summed E-state index contributed by atoms with van der Waals surface area (Å²) in [7, 11) is 0. The van der Waals surface area contributed by atoms with E-state index in [9.17, 15) is 31.9 Å². The minimum atomic E-state index is -2.16. The van der Waals surface area contributed by atoms with Crippen LogP contribution < -0.4 is 0 Å². The molecule has 162 valence electrons. The van der Waals surface area contributed by atoms with Gasteiger partial charge in [0.05, 0.1) is 12.2 Å². The number of halogens is 4. The topological polar surface area (TPSA) is 60.4 Å². The van der Waals surface area contributed by atoms with Gasteiger partial charge in [-0.15, -0.1) is 0 Å². The van der Waals surface area contributed by atoms with Crippen LogP contribution in [0.1, 0.15) is 55.8 Å². The van der Waals surface area contributed by atoms with Gasteiger partial charge < -0.3 is 4.74 Å². The molecule has 1 aromatic carbocycles. The maximum atomic E-state index is 14.3. The van der Waals surface area contributed by atoms with Gasteiger partial charge in [-0.2, -0.15) is 0 Å². The van der Waals surface area contributed by atoms with E-state index in [-0.39, 0.29) is 12.7 Å². The molecule has 30 heavy (non-hydrogen) atoms. The summed E-state index contributed by atoms with van der Waals surface area (Å²) < 4.78 is 59.8. The second kappa shape index (κ2) is 7.46. The highest BCUT2D eigenvalue weighted by Gasteiger charge is 2.58. The van der Waals surface area contributed by atoms with Gasteiger partial charge in [-0.3, -0.25) is 14.4 Å². The van der Waals surface area contributed by atoms with E-state index in [0.717, 1.165) is 19.3 Å². The zero-order valence-electron chi connectivity index (χ0n) is 16.5. The van der Waals surface area contributed by atoms with Crippen LogP contribution in [-0.2, 0) is 14.3 Å². The Balaban J connectivity index is 1.74. The number of rotatable bonds is 6. The smallest absolute Gasteiger partial charge is 0.324 e. The van der Waals surface area contributed by atoms with Gasteiger partial charge in [0, 0.05) is 5.41 Å². The highest BCUT2D eigenvalue weighted by molar-refractivity contribution is 6.23. The Kier molecular flexibility index (Phi) is 5.22. The molecule has 0 N–H and O–H groups in total. The molecule has 4 fully saturated rings. The highest BCUT2D eigenvalue weighted by atomic mass is 19.2. The third-order valence-corrected chi connectivity index (χ3v) is 6.98. The van der Waals surface area contributed by atoms with Crippen LogP contribution in [0.25, 0.3) is 0 Å². The summed E-state index contributed by atoms with van der Waals surface area (Å²) >= 11 is 0. The predicted octanol–water partition coefficient (Wildman–Crippen LogP) is 4.39. The van der Waals surface area contributed by atoms with E-state index in [0.29, 0.717) is 37.0 Å². The number of hydrogen-bond donors (Lipinski definition) is 0. The molecule has 0 aliphatic heterocycles. The number of carbonyl (C=O) groups excluding carboxylic acids is 3. The van der Waals surface area contributed by atoms with Crippen molar-refractivity contribution in [3.8, 4) is 0 Å². The molecule has 4 aliphatic rings. The van der Waals surface area contributed by atoms with E-state index in [2.05, 4.69) is 0 Å². The van der Waals surface area contributed by atoms with Gasteiger partial charge in [0.25, 0.3) is 0 Å². The third-order valence-electron chi connectivity index (χ3n) is 6.98. The molecular weight excluding hydrogens is 404 g/mol. The zero-order valence-corrected chi connectivity index (χ0v) is 16.5. The van der Waals surface area contributed by atoms with Crippen LogP contribution in [-0.4, -0.2) is 24.1 Å². The molecule has 1 aromatic rings. The molecule has 0 heterocycles. The number of ether oxygens (including phenoxy) is 1. The number of Topliss-reactive ketones (excluding diaryl/α,β-unsaturated/α-hetero) is 2. The molecule has 8 heteroatoms. The van der Waals surface area contributed by atoms with Crippen LogP contribution in [0.3, 0.4) is 0 Å². The van der Waals surface area contributed by atoms with Gasteiger partial charge in [0.2, 0.25) is 0 Å². The minimum Gasteiger partial charge on any atom is -0.465 e. The maximum absolute atomic E-state index is 14.3. The average Bonchev–Trinajstić information content (AvgIpc) is 2.68. The predicted molar refractivity (Wildman–Crippen MR) is 96.3 cm³/mol. The Bertz CT molecular complexity index is 891. The van der Waals surface area contributed by atoms with Crippen molar-refractivity contribution < 1.29 is 36.7 Å². The van der Waals surface area contributed by atoms with Crippen LogP contribution in [0, 0.1) is 52.4 Å². The zero-order chi connectivity index (χ0) is 21.8. The Hall–Kier alpha value is -2.25. The Morgan fingerprint density at radius 3 is 2.00 bits per heavy atom.